The SMILES string of the molecule is Cc1cc(N(C)C)nc(N2CCN(Cc3ccc(C[NH-])cc3)CC2)n1.[Ac]. The van der Waals surface area contributed by atoms with Crippen LogP contribution in [0.2, 0.25) is 0 Å². The van der Waals surface area contributed by atoms with Gasteiger partial charge in [0, 0.05) is 103 Å². The molecule has 1 aromatic carbocycles. The van der Waals surface area contributed by atoms with Crippen LogP contribution in [-0.4, -0.2) is 55.1 Å². The van der Waals surface area contributed by atoms with Crippen LogP contribution < -0.4 is 9.80 Å². The first-order valence-electron chi connectivity index (χ1n) is 8.78. The van der Waals surface area contributed by atoms with Crippen molar-refractivity contribution in [3.63, 3.8) is 0 Å². The van der Waals surface area contributed by atoms with Crippen LogP contribution in [0.15, 0.2) is 30.3 Å². The molecule has 0 bridgehead atoms. The summed E-state index contributed by atoms with van der Waals surface area (Å²) < 4.78 is 0. The second kappa shape index (κ2) is 9.98. The van der Waals surface area contributed by atoms with Gasteiger partial charge >= 0.3 is 0 Å². The maximum Gasteiger partial charge on any atom is 0.227 e. The van der Waals surface area contributed by atoms with E-state index in [0.717, 1.165) is 55.7 Å². The van der Waals surface area contributed by atoms with E-state index in [1.54, 1.807) is 0 Å². The molecule has 26 heavy (non-hydrogen) atoms. The Bertz CT molecular complexity index is 696. The number of hydrogen-bond donors (Lipinski definition) is 0. The first-order valence-corrected chi connectivity index (χ1v) is 8.78. The zero-order valence-corrected chi connectivity index (χ0v) is 20.7. The van der Waals surface area contributed by atoms with Gasteiger partial charge in [-0.25, -0.2) is 4.98 Å². The van der Waals surface area contributed by atoms with Gasteiger partial charge in [-0.15, -0.1) is 6.54 Å². The summed E-state index contributed by atoms with van der Waals surface area (Å²) in [4.78, 5) is 16.1. The van der Waals surface area contributed by atoms with Gasteiger partial charge in [0.2, 0.25) is 5.95 Å². The van der Waals surface area contributed by atoms with E-state index in [9.17, 15) is 0 Å². The third-order valence-electron chi connectivity index (χ3n) is 4.58. The van der Waals surface area contributed by atoms with E-state index < -0.39 is 0 Å². The second-order valence-electron chi connectivity index (χ2n) is 6.82. The fourth-order valence-corrected chi connectivity index (χ4v) is 3.03. The molecule has 0 atom stereocenters. The molecule has 1 saturated heterocycles. The molecule has 7 heteroatoms. The molecule has 0 saturated carbocycles. The van der Waals surface area contributed by atoms with Gasteiger partial charge in [-0.05, 0) is 12.5 Å². The predicted molar refractivity (Wildman–Crippen MR) is 103 cm³/mol. The van der Waals surface area contributed by atoms with E-state index >= 15 is 0 Å². The minimum atomic E-state index is 0. The largest absolute Gasteiger partial charge is 0.674 e. The van der Waals surface area contributed by atoms with Crippen molar-refractivity contribution >= 4 is 11.8 Å². The van der Waals surface area contributed by atoms with Crippen LogP contribution in [0.3, 0.4) is 0 Å². The van der Waals surface area contributed by atoms with Crippen LogP contribution >= 0.6 is 0 Å². The van der Waals surface area contributed by atoms with Crippen molar-refractivity contribution in [1.82, 2.24) is 14.9 Å². The maximum atomic E-state index is 7.40. The normalized spacial score (nSPS) is 14.8. The second-order valence-corrected chi connectivity index (χ2v) is 6.82. The van der Waals surface area contributed by atoms with Crippen LogP contribution in [0.25, 0.3) is 5.73 Å². The molecule has 1 aliphatic heterocycles. The number of nitrogens with zero attached hydrogens (tertiary/aromatic N) is 5. The van der Waals surface area contributed by atoms with E-state index in [1.807, 2.05) is 32.0 Å². The van der Waals surface area contributed by atoms with Crippen molar-refractivity contribution in [2.75, 3.05) is 50.1 Å². The predicted octanol–water partition coefficient (Wildman–Crippen LogP) is 2.73. The molecule has 0 aliphatic carbocycles. The summed E-state index contributed by atoms with van der Waals surface area (Å²) in [6.07, 6.45) is 0. The number of benzene rings is 1. The molecule has 3 rings (SSSR count). The third kappa shape index (κ3) is 5.63. The fraction of sp³-hybridized carbons (Fsp3) is 0.474. The topological polar surface area (TPSA) is 59.3 Å². The van der Waals surface area contributed by atoms with E-state index in [4.69, 9.17) is 5.73 Å². The summed E-state index contributed by atoms with van der Waals surface area (Å²) >= 11 is 0. The van der Waals surface area contributed by atoms with Crippen molar-refractivity contribution in [2.45, 2.75) is 20.0 Å². The molecule has 1 aromatic heterocycles. The Morgan fingerprint density at radius 2 is 1.62 bits per heavy atom. The number of nitrogens with one attached hydrogen (secondary N) is 1. The molecule has 0 amide bonds. The van der Waals surface area contributed by atoms with E-state index in [-0.39, 0.29) is 44.1 Å². The molecule has 1 fully saturated rings. The van der Waals surface area contributed by atoms with Gasteiger partial charge in [-0.1, -0.05) is 29.8 Å². The number of hydrogen-bond acceptors (Lipinski definition) is 5. The third-order valence-corrected chi connectivity index (χ3v) is 4.58. The number of anilines is 2. The molecule has 2 heterocycles. The van der Waals surface area contributed by atoms with Gasteiger partial charge in [0.05, 0.1) is 0 Å². The molecule has 0 spiro atoms. The van der Waals surface area contributed by atoms with Gasteiger partial charge in [0.15, 0.2) is 0 Å². The Morgan fingerprint density at radius 3 is 2.19 bits per heavy atom. The standard InChI is InChI=1S/C19H27N6.Ac/c1-15-12-18(23(2)3)22-19(21-15)25-10-8-24(9-11-25)14-17-6-4-16(13-20)5-7-17;/h4-7,12,20H,8-11,13-14H2,1-3H3;/q-1;. The molecule has 1 aliphatic rings. The van der Waals surface area contributed by atoms with Crippen molar-refractivity contribution in [1.29, 1.82) is 0 Å². The molecule has 137 valence electrons. The number of piperazine rings is 1. The molecule has 0 unspecified atom stereocenters. The Morgan fingerprint density at radius 1 is 1.00 bits per heavy atom. The van der Waals surface area contributed by atoms with Crippen LogP contribution in [0.5, 0.6) is 0 Å². The molecular formula is C19H27AcN6-. The minimum Gasteiger partial charge on any atom is -0.674 e. The molecule has 2 aromatic rings. The summed E-state index contributed by atoms with van der Waals surface area (Å²) in [6.45, 7) is 7.24. The summed E-state index contributed by atoms with van der Waals surface area (Å²) in [5.74, 6) is 1.79. The molecule has 6 nitrogen and oxygen atoms in total. The number of rotatable bonds is 5. The monoisotopic (exact) mass is 566 g/mol. The van der Waals surface area contributed by atoms with Gasteiger partial charge in [0.25, 0.3) is 0 Å². The van der Waals surface area contributed by atoms with Crippen molar-refractivity contribution in [2.24, 2.45) is 0 Å². The average molecular weight is 566 g/mol. The van der Waals surface area contributed by atoms with E-state index in [1.165, 1.54) is 5.56 Å². The summed E-state index contributed by atoms with van der Waals surface area (Å²) in [7, 11) is 4.02. The molecular weight excluding hydrogens is 539 g/mol. The first-order chi connectivity index (χ1) is 12.0. The Kier molecular flexibility index (Phi) is 8.28. The zero-order valence-electron chi connectivity index (χ0n) is 15.9. The van der Waals surface area contributed by atoms with Gasteiger partial charge < -0.3 is 15.5 Å². The van der Waals surface area contributed by atoms with Crippen molar-refractivity contribution in [3.05, 3.63) is 52.9 Å². The van der Waals surface area contributed by atoms with Gasteiger partial charge in [0.1, 0.15) is 5.82 Å². The summed E-state index contributed by atoms with van der Waals surface area (Å²) in [5, 5.41) is 0. The summed E-state index contributed by atoms with van der Waals surface area (Å²) in [5.41, 5.74) is 10.8. The smallest absolute Gasteiger partial charge is 0.227 e. The van der Waals surface area contributed by atoms with E-state index in [2.05, 4.69) is 44.0 Å². The maximum absolute atomic E-state index is 7.40. The van der Waals surface area contributed by atoms with Crippen LogP contribution in [0, 0.1) is 51.0 Å². The zero-order chi connectivity index (χ0) is 17.8. The van der Waals surface area contributed by atoms with Crippen LogP contribution in [0.1, 0.15) is 16.8 Å². The van der Waals surface area contributed by atoms with Crippen molar-refractivity contribution in [3.8, 4) is 0 Å². The minimum absolute atomic E-state index is 0. The number of aryl methyl sites for hydroxylation is 1. The van der Waals surface area contributed by atoms with E-state index in [0.29, 0.717) is 6.54 Å². The number of aromatic nitrogens is 2. The van der Waals surface area contributed by atoms with Gasteiger partial charge in [-0.2, -0.15) is 4.98 Å². The van der Waals surface area contributed by atoms with Crippen LogP contribution in [-0.2, 0) is 13.1 Å². The summed E-state index contributed by atoms with van der Waals surface area (Å²) in [6, 6.07) is 10.4. The average Bonchev–Trinajstić information content (AvgIpc) is 2.62. The molecule has 1 radical (unpaired) electrons. The van der Waals surface area contributed by atoms with Crippen LogP contribution in [0.4, 0.5) is 11.8 Å². The fourth-order valence-electron chi connectivity index (χ4n) is 3.03. The quantitative estimate of drug-likeness (QED) is 0.558. The van der Waals surface area contributed by atoms with Crippen molar-refractivity contribution < 1.29 is 44.1 Å². The Hall–Kier alpha value is -0.738. The van der Waals surface area contributed by atoms with Gasteiger partial charge in [-0.3, -0.25) is 4.90 Å². The molecule has 1 N–H and O–H groups in total. The Labute approximate surface area is 192 Å². The first kappa shape index (κ1) is 21.6. The Balaban J connectivity index is 0.00000243.